The highest BCUT2D eigenvalue weighted by Crippen LogP contribution is 2.61. The van der Waals surface area contributed by atoms with E-state index in [1.165, 1.54) is 11.1 Å². The van der Waals surface area contributed by atoms with Crippen LogP contribution in [0.4, 0.5) is 0 Å². The van der Waals surface area contributed by atoms with Gasteiger partial charge in [-0.1, -0.05) is 54.6 Å². The predicted octanol–water partition coefficient (Wildman–Crippen LogP) is 3.29. The van der Waals surface area contributed by atoms with E-state index >= 15 is 0 Å². The number of nitrogens with zero attached hydrogens (tertiary/aromatic N) is 2. The summed E-state index contributed by atoms with van der Waals surface area (Å²) in [4.78, 5) is 4.32. The third-order valence-corrected chi connectivity index (χ3v) is 5.28. The van der Waals surface area contributed by atoms with Crippen LogP contribution in [0.15, 0.2) is 67.1 Å². The van der Waals surface area contributed by atoms with E-state index in [-0.39, 0.29) is 5.54 Å². The van der Waals surface area contributed by atoms with Crippen molar-refractivity contribution in [3.05, 3.63) is 78.2 Å². The van der Waals surface area contributed by atoms with Crippen molar-refractivity contribution in [2.75, 3.05) is 0 Å². The summed E-state index contributed by atoms with van der Waals surface area (Å²) in [7, 11) is 0. The first-order valence-electron chi connectivity index (χ1n) is 7.64. The van der Waals surface area contributed by atoms with Gasteiger partial charge in [-0.2, -0.15) is 0 Å². The molecule has 2 aliphatic rings. The van der Waals surface area contributed by atoms with Crippen molar-refractivity contribution in [1.82, 2.24) is 9.55 Å². The summed E-state index contributed by atoms with van der Waals surface area (Å²) in [6.45, 7) is 0. The summed E-state index contributed by atoms with van der Waals surface area (Å²) in [5, 5.41) is 11.1. The lowest BCUT2D eigenvalue weighted by atomic mass is 9.59. The summed E-state index contributed by atoms with van der Waals surface area (Å²) < 4.78 is 2.25. The Labute approximate surface area is 128 Å². The maximum Gasteiger partial charge on any atom is 0.0959 e. The zero-order valence-corrected chi connectivity index (χ0v) is 12.1. The Bertz CT molecular complexity index is 860. The zero-order valence-electron chi connectivity index (χ0n) is 12.1. The molecule has 1 fully saturated rings. The number of aliphatic hydroxyl groups is 1. The van der Waals surface area contributed by atoms with E-state index in [0.29, 0.717) is 12.8 Å². The zero-order chi connectivity index (χ0) is 14.8. The van der Waals surface area contributed by atoms with Gasteiger partial charge >= 0.3 is 0 Å². The lowest BCUT2D eigenvalue weighted by Crippen LogP contribution is -2.55. The van der Waals surface area contributed by atoms with Gasteiger partial charge in [-0.3, -0.25) is 0 Å². The van der Waals surface area contributed by atoms with Crippen LogP contribution in [0.2, 0.25) is 0 Å². The monoisotopic (exact) mass is 288 g/mol. The van der Waals surface area contributed by atoms with Gasteiger partial charge in [-0.25, -0.2) is 4.98 Å². The van der Waals surface area contributed by atoms with Crippen molar-refractivity contribution >= 4 is 0 Å². The number of hydrogen-bond donors (Lipinski definition) is 1. The van der Waals surface area contributed by atoms with Gasteiger partial charge in [0, 0.05) is 18.4 Å². The molecule has 1 aliphatic heterocycles. The third kappa shape index (κ3) is 1.32. The van der Waals surface area contributed by atoms with Crippen LogP contribution in [0.3, 0.4) is 0 Å². The van der Waals surface area contributed by atoms with Crippen LogP contribution in [0, 0.1) is 0 Å². The highest BCUT2D eigenvalue weighted by molar-refractivity contribution is 5.71. The van der Waals surface area contributed by atoms with Crippen LogP contribution in [0.5, 0.6) is 0 Å². The van der Waals surface area contributed by atoms with Gasteiger partial charge in [0.2, 0.25) is 0 Å². The van der Waals surface area contributed by atoms with Gasteiger partial charge in [-0.15, -0.1) is 0 Å². The van der Waals surface area contributed by atoms with Crippen molar-refractivity contribution < 1.29 is 5.11 Å². The minimum Gasteiger partial charge on any atom is -0.385 e. The molecule has 1 aromatic heterocycles. The molecular formula is C19H16N2O. The molecule has 1 spiro atoms. The highest BCUT2D eigenvalue weighted by atomic mass is 16.3. The Kier molecular flexibility index (Phi) is 2.14. The average Bonchev–Trinajstić information content (AvgIpc) is 3.10. The fourth-order valence-corrected chi connectivity index (χ4v) is 4.31. The number of hydrogen-bond acceptors (Lipinski definition) is 2. The SMILES string of the molecule is OC1(c2ccccc2)CC2(C1)c1ccccc1-c1cncn12. The Balaban J connectivity index is 1.64. The molecule has 0 saturated heterocycles. The maximum absolute atomic E-state index is 11.1. The Morgan fingerprint density at radius 3 is 2.50 bits per heavy atom. The van der Waals surface area contributed by atoms with Crippen LogP contribution in [0.1, 0.15) is 24.0 Å². The summed E-state index contributed by atoms with van der Waals surface area (Å²) in [5.74, 6) is 0. The lowest BCUT2D eigenvalue weighted by molar-refractivity contribution is -0.106. The van der Waals surface area contributed by atoms with Gasteiger partial charge in [0.05, 0.1) is 29.4 Å². The fourth-order valence-electron chi connectivity index (χ4n) is 4.31. The van der Waals surface area contributed by atoms with E-state index in [9.17, 15) is 5.11 Å². The number of aromatic nitrogens is 2. The molecule has 3 aromatic rings. The molecular weight excluding hydrogens is 272 g/mol. The second kappa shape index (κ2) is 3.87. The standard InChI is InChI=1S/C19H16N2O/c22-19(14-6-2-1-3-7-14)11-18(12-19)16-9-5-4-8-15(16)17-10-20-13-21(17)18/h1-10,13,22H,11-12H2. The summed E-state index contributed by atoms with van der Waals surface area (Å²) in [6, 6.07) is 18.5. The first kappa shape index (κ1) is 12.2. The number of rotatable bonds is 1. The van der Waals surface area contributed by atoms with Gasteiger partial charge < -0.3 is 9.67 Å². The van der Waals surface area contributed by atoms with Gasteiger partial charge in [0.25, 0.3) is 0 Å². The molecule has 3 nitrogen and oxygen atoms in total. The molecule has 1 aliphatic carbocycles. The van der Waals surface area contributed by atoms with Crippen molar-refractivity contribution in [1.29, 1.82) is 0 Å². The fraction of sp³-hybridized carbons (Fsp3) is 0.211. The van der Waals surface area contributed by atoms with Crippen LogP contribution in [0.25, 0.3) is 11.3 Å². The smallest absolute Gasteiger partial charge is 0.0959 e. The molecule has 1 saturated carbocycles. The molecule has 22 heavy (non-hydrogen) atoms. The third-order valence-electron chi connectivity index (χ3n) is 5.28. The first-order chi connectivity index (χ1) is 10.7. The van der Waals surface area contributed by atoms with Crippen LogP contribution < -0.4 is 0 Å². The predicted molar refractivity (Wildman–Crippen MR) is 84.3 cm³/mol. The molecule has 1 N–H and O–H groups in total. The summed E-state index contributed by atoms with van der Waals surface area (Å²) in [6.07, 6.45) is 5.22. The summed E-state index contributed by atoms with van der Waals surface area (Å²) >= 11 is 0. The molecule has 3 heteroatoms. The minimum atomic E-state index is -0.750. The van der Waals surface area contributed by atoms with E-state index in [2.05, 4.69) is 33.8 Å². The number of imidazole rings is 1. The molecule has 0 atom stereocenters. The Morgan fingerprint density at radius 1 is 0.955 bits per heavy atom. The molecule has 5 rings (SSSR count). The lowest BCUT2D eigenvalue weighted by Gasteiger charge is -2.53. The van der Waals surface area contributed by atoms with Crippen molar-refractivity contribution in [2.45, 2.75) is 24.0 Å². The largest absolute Gasteiger partial charge is 0.385 e. The Hall–Kier alpha value is -2.39. The molecule has 0 unspecified atom stereocenters. The van der Waals surface area contributed by atoms with Crippen LogP contribution in [-0.2, 0) is 11.1 Å². The minimum absolute atomic E-state index is 0.146. The average molecular weight is 288 g/mol. The topological polar surface area (TPSA) is 38.1 Å². The second-order valence-corrected chi connectivity index (χ2v) is 6.48. The summed E-state index contributed by atoms with van der Waals surface area (Å²) in [5.41, 5.74) is 3.83. The quantitative estimate of drug-likeness (QED) is 0.746. The maximum atomic E-state index is 11.1. The second-order valence-electron chi connectivity index (χ2n) is 6.48. The van der Waals surface area contributed by atoms with E-state index < -0.39 is 5.60 Å². The van der Waals surface area contributed by atoms with Crippen LogP contribution >= 0.6 is 0 Å². The molecule has 2 aromatic carbocycles. The van der Waals surface area contributed by atoms with Crippen LogP contribution in [-0.4, -0.2) is 14.7 Å². The van der Waals surface area contributed by atoms with E-state index in [4.69, 9.17) is 0 Å². The van der Waals surface area contributed by atoms with Crippen molar-refractivity contribution in [2.24, 2.45) is 0 Å². The van der Waals surface area contributed by atoms with E-state index in [1.807, 2.05) is 42.9 Å². The number of fused-ring (bicyclic) bond motifs is 5. The molecule has 0 bridgehead atoms. The molecule has 0 radical (unpaired) electrons. The van der Waals surface area contributed by atoms with Gasteiger partial charge in [0.15, 0.2) is 0 Å². The molecule has 2 heterocycles. The van der Waals surface area contributed by atoms with Gasteiger partial charge in [0.1, 0.15) is 0 Å². The molecule has 0 amide bonds. The number of benzene rings is 2. The van der Waals surface area contributed by atoms with E-state index in [0.717, 1.165) is 11.3 Å². The van der Waals surface area contributed by atoms with Gasteiger partial charge in [-0.05, 0) is 11.1 Å². The van der Waals surface area contributed by atoms with E-state index in [1.54, 1.807) is 0 Å². The van der Waals surface area contributed by atoms with Crippen molar-refractivity contribution in [3.8, 4) is 11.3 Å². The van der Waals surface area contributed by atoms with Crippen molar-refractivity contribution in [3.63, 3.8) is 0 Å². The molecule has 108 valence electrons. The Morgan fingerprint density at radius 2 is 1.68 bits per heavy atom. The first-order valence-corrected chi connectivity index (χ1v) is 7.64. The highest BCUT2D eigenvalue weighted by Gasteiger charge is 2.60. The normalized spacial score (nSPS) is 28.2.